The Morgan fingerprint density at radius 3 is 2.60 bits per heavy atom. The van der Waals surface area contributed by atoms with Gasteiger partial charge in [0.2, 0.25) is 5.91 Å². The maximum Gasteiger partial charge on any atom is 0.244 e. The highest BCUT2D eigenvalue weighted by atomic mass is 35.5. The molecule has 1 atom stereocenters. The van der Waals surface area contributed by atoms with Crippen molar-refractivity contribution in [3.8, 4) is 0 Å². The molecule has 2 N–H and O–H groups in total. The Morgan fingerprint density at radius 2 is 2.00 bits per heavy atom. The van der Waals surface area contributed by atoms with E-state index in [1.54, 1.807) is 42.8 Å². The van der Waals surface area contributed by atoms with Crippen LogP contribution in [0.1, 0.15) is 23.7 Å². The molecule has 2 aromatic rings. The second-order valence-electron chi connectivity index (χ2n) is 5.58. The molecular formula is C17H18Cl3N3O2. The Balaban J connectivity index is 2.19. The topological polar surface area (TPSA) is 67.2 Å². The number of aliphatic hydroxyl groups is 1. The highest BCUT2D eigenvalue weighted by molar-refractivity contribution is 6.36. The molecule has 0 aliphatic carbocycles. The predicted molar refractivity (Wildman–Crippen MR) is 101 cm³/mol. The van der Waals surface area contributed by atoms with Crippen molar-refractivity contribution < 1.29 is 9.90 Å². The van der Waals surface area contributed by atoms with E-state index in [0.717, 1.165) is 5.56 Å². The third-order valence-corrected chi connectivity index (χ3v) is 4.56. The fourth-order valence-corrected chi connectivity index (χ4v) is 2.97. The molecule has 0 fully saturated rings. The number of nitrogens with one attached hydrogen (secondary N) is 1. The number of aryl methyl sites for hydroxylation is 1. The maximum absolute atomic E-state index is 11.7. The second kappa shape index (κ2) is 8.72. The lowest BCUT2D eigenvalue weighted by atomic mass is 10.2. The van der Waals surface area contributed by atoms with Gasteiger partial charge in [-0.3, -0.25) is 4.79 Å². The van der Waals surface area contributed by atoms with Gasteiger partial charge in [-0.2, -0.15) is 5.10 Å². The zero-order valence-electron chi connectivity index (χ0n) is 13.8. The van der Waals surface area contributed by atoms with Crippen molar-refractivity contribution in [2.45, 2.75) is 26.5 Å². The summed E-state index contributed by atoms with van der Waals surface area (Å²) >= 11 is 18.8. The van der Waals surface area contributed by atoms with Crippen LogP contribution in [0.5, 0.6) is 0 Å². The fraction of sp³-hybridized carbons (Fsp3) is 0.294. The van der Waals surface area contributed by atoms with Gasteiger partial charge in [-0.1, -0.05) is 40.9 Å². The zero-order valence-corrected chi connectivity index (χ0v) is 16.0. The summed E-state index contributed by atoms with van der Waals surface area (Å²) in [5, 5.41) is 17.6. The van der Waals surface area contributed by atoms with Crippen LogP contribution >= 0.6 is 34.8 Å². The highest BCUT2D eigenvalue weighted by Gasteiger charge is 2.14. The molecule has 1 aromatic heterocycles. The van der Waals surface area contributed by atoms with Crippen LogP contribution in [-0.4, -0.2) is 33.4 Å². The fourth-order valence-electron chi connectivity index (χ4n) is 2.16. The number of carbonyl (C=O) groups excluding carboxylic acids is 1. The molecular weight excluding hydrogens is 385 g/mol. The summed E-state index contributed by atoms with van der Waals surface area (Å²) in [6.07, 6.45) is 2.34. The molecule has 1 unspecified atom stereocenters. The monoisotopic (exact) mass is 401 g/mol. The van der Waals surface area contributed by atoms with Gasteiger partial charge in [0.05, 0.1) is 18.3 Å². The Kier molecular flexibility index (Phi) is 6.90. The van der Waals surface area contributed by atoms with E-state index < -0.39 is 6.10 Å². The zero-order chi connectivity index (χ0) is 18.6. The van der Waals surface area contributed by atoms with Crippen molar-refractivity contribution in [1.82, 2.24) is 15.1 Å². The average molecular weight is 403 g/mol. The first-order chi connectivity index (χ1) is 11.8. The van der Waals surface area contributed by atoms with Gasteiger partial charge in [0.1, 0.15) is 5.15 Å². The standard InChI is InChI=1S/C17H18Cl3N3O2/c1-10(24)8-21-16(25)7-6-12-11(2)22-23(17(12)20)9-13-14(18)4-3-5-15(13)19/h3-7,10,24H,8-9H2,1-2H3,(H,21,25)/b7-6+. The number of nitrogens with zero attached hydrogens (tertiary/aromatic N) is 2. The quantitative estimate of drug-likeness (QED) is 0.724. The largest absolute Gasteiger partial charge is 0.392 e. The molecule has 1 heterocycles. The predicted octanol–water partition coefficient (Wildman–Crippen LogP) is 3.71. The molecule has 0 saturated heterocycles. The number of hydrogen-bond donors (Lipinski definition) is 2. The molecule has 0 bridgehead atoms. The van der Waals surface area contributed by atoms with E-state index in [4.69, 9.17) is 39.9 Å². The van der Waals surface area contributed by atoms with Crippen LogP contribution in [0.4, 0.5) is 0 Å². The van der Waals surface area contributed by atoms with Gasteiger partial charge in [0.15, 0.2) is 0 Å². The van der Waals surface area contributed by atoms with Crippen molar-refractivity contribution >= 4 is 46.8 Å². The molecule has 5 nitrogen and oxygen atoms in total. The number of benzene rings is 1. The Morgan fingerprint density at radius 1 is 1.36 bits per heavy atom. The first-order valence-electron chi connectivity index (χ1n) is 7.59. The summed E-state index contributed by atoms with van der Waals surface area (Å²) in [6.45, 7) is 3.89. The van der Waals surface area contributed by atoms with Crippen molar-refractivity contribution in [2.75, 3.05) is 6.54 Å². The van der Waals surface area contributed by atoms with E-state index in [9.17, 15) is 4.79 Å². The second-order valence-corrected chi connectivity index (χ2v) is 6.75. The van der Waals surface area contributed by atoms with Crippen molar-refractivity contribution in [2.24, 2.45) is 0 Å². The summed E-state index contributed by atoms with van der Waals surface area (Å²) in [4.78, 5) is 11.7. The van der Waals surface area contributed by atoms with Crippen LogP contribution in [0.15, 0.2) is 24.3 Å². The van der Waals surface area contributed by atoms with Gasteiger partial charge < -0.3 is 10.4 Å². The number of halogens is 3. The molecule has 0 saturated carbocycles. The van der Waals surface area contributed by atoms with E-state index in [-0.39, 0.29) is 12.5 Å². The van der Waals surface area contributed by atoms with Crippen molar-refractivity contribution in [3.63, 3.8) is 0 Å². The molecule has 1 amide bonds. The van der Waals surface area contributed by atoms with E-state index in [1.807, 2.05) is 0 Å². The summed E-state index contributed by atoms with van der Waals surface area (Å²) in [7, 11) is 0. The number of amides is 1. The van der Waals surface area contributed by atoms with Crippen LogP contribution in [0.3, 0.4) is 0 Å². The van der Waals surface area contributed by atoms with Gasteiger partial charge in [-0.25, -0.2) is 4.68 Å². The minimum atomic E-state index is -0.606. The molecule has 0 aliphatic rings. The SMILES string of the molecule is Cc1nn(Cc2c(Cl)cccc2Cl)c(Cl)c1/C=C/C(=O)NCC(C)O. The third kappa shape index (κ3) is 5.22. The normalized spacial score (nSPS) is 12.6. The van der Waals surface area contributed by atoms with E-state index >= 15 is 0 Å². The van der Waals surface area contributed by atoms with Crippen LogP contribution in [0.25, 0.3) is 6.08 Å². The summed E-state index contributed by atoms with van der Waals surface area (Å²) in [5.74, 6) is -0.321. The molecule has 25 heavy (non-hydrogen) atoms. The van der Waals surface area contributed by atoms with Crippen LogP contribution in [0, 0.1) is 6.92 Å². The van der Waals surface area contributed by atoms with Crippen LogP contribution < -0.4 is 5.32 Å². The van der Waals surface area contributed by atoms with Gasteiger partial charge in [0, 0.05) is 33.8 Å². The lowest BCUT2D eigenvalue weighted by molar-refractivity contribution is -0.116. The molecule has 0 aliphatic heterocycles. The number of aromatic nitrogens is 2. The molecule has 8 heteroatoms. The maximum atomic E-state index is 11.7. The van der Waals surface area contributed by atoms with Crippen LogP contribution in [-0.2, 0) is 11.3 Å². The molecule has 0 radical (unpaired) electrons. The minimum absolute atomic E-state index is 0.181. The van der Waals surface area contributed by atoms with Crippen molar-refractivity contribution in [3.05, 3.63) is 56.3 Å². The molecule has 2 rings (SSSR count). The first-order valence-corrected chi connectivity index (χ1v) is 8.72. The average Bonchev–Trinajstić information content (AvgIpc) is 2.81. The first kappa shape index (κ1) is 19.8. The highest BCUT2D eigenvalue weighted by Crippen LogP contribution is 2.28. The summed E-state index contributed by atoms with van der Waals surface area (Å²) in [6, 6.07) is 5.27. The summed E-state index contributed by atoms with van der Waals surface area (Å²) < 4.78 is 1.58. The minimum Gasteiger partial charge on any atom is -0.392 e. The molecule has 0 spiro atoms. The lowest BCUT2D eigenvalue weighted by Crippen LogP contribution is -2.28. The lowest BCUT2D eigenvalue weighted by Gasteiger charge is -2.08. The summed E-state index contributed by atoms with van der Waals surface area (Å²) in [5.41, 5.74) is 2.03. The van der Waals surface area contributed by atoms with E-state index in [2.05, 4.69) is 10.4 Å². The Labute approximate surface area is 161 Å². The van der Waals surface area contributed by atoms with Gasteiger partial charge in [-0.05, 0) is 32.1 Å². The number of hydrogen-bond acceptors (Lipinski definition) is 3. The molecule has 1 aromatic carbocycles. The van der Waals surface area contributed by atoms with Crippen LogP contribution in [0.2, 0.25) is 15.2 Å². The van der Waals surface area contributed by atoms with Gasteiger partial charge >= 0.3 is 0 Å². The van der Waals surface area contributed by atoms with E-state index in [0.29, 0.717) is 33.0 Å². The van der Waals surface area contributed by atoms with Crippen molar-refractivity contribution in [1.29, 1.82) is 0 Å². The molecule has 134 valence electrons. The van der Waals surface area contributed by atoms with E-state index in [1.165, 1.54) is 6.08 Å². The number of rotatable bonds is 6. The van der Waals surface area contributed by atoms with Gasteiger partial charge in [-0.15, -0.1) is 0 Å². The Bertz CT molecular complexity index is 780. The Hall–Kier alpha value is -1.53. The number of aliphatic hydroxyl groups excluding tert-OH is 1. The van der Waals surface area contributed by atoms with Gasteiger partial charge in [0.25, 0.3) is 0 Å². The smallest absolute Gasteiger partial charge is 0.244 e. The third-order valence-electron chi connectivity index (χ3n) is 3.45. The number of carbonyl (C=O) groups is 1.